The number of carbonyl (C=O) groups is 2. The second-order valence-electron chi connectivity index (χ2n) is 6.14. The van der Waals surface area contributed by atoms with E-state index >= 15 is 0 Å². The standard InChI is InChI=1S/C18H17NO5/c20-16(13-8-4-10-24-13)14-15(12-7-3-9-23-12)19(18(22)17(14)21)11-5-1-2-6-11/h3-4,7-11,15,21H,1-2,5-6H2. The molecule has 0 radical (unpaired) electrons. The number of Topliss-reactive ketones (excluding diaryl/α,β-unsaturated/α-hetero) is 1. The van der Waals surface area contributed by atoms with Gasteiger partial charge in [0.25, 0.3) is 5.91 Å². The molecule has 6 heteroatoms. The van der Waals surface area contributed by atoms with E-state index in [9.17, 15) is 14.7 Å². The average molecular weight is 327 g/mol. The maximum absolute atomic E-state index is 12.8. The van der Waals surface area contributed by atoms with Crippen molar-refractivity contribution in [2.24, 2.45) is 0 Å². The zero-order valence-corrected chi connectivity index (χ0v) is 13.0. The normalized spacial score (nSPS) is 21.9. The van der Waals surface area contributed by atoms with Crippen LogP contribution in [0.5, 0.6) is 0 Å². The molecule has 0 bridgehead atoms. The molecule has 2 aromatic rings. The van der Waals surface area contributed by atoms with Crippen LogP contribution in [-0.2, 0) is 4.79 Å². The van der Waals surface area contributed by atoms with E-state index in [-0.39, 0.29) is 17.4 Å². The number of hydrogen-bond donors (Lipinski definition) is 1. The Morgan fingerprint density at radius 1 is 1.12 bits per heavy atom. The highest BCUT2D eigenvalue weighted by Gasteiger charge is 2.48. The lowest BCUT2D eigenvalue weighted by molar-refractivity contribution is -0.132. The second kappa shape index (κ2) is 5.70. The molecule has 0 spiro atoms. The van der Waals surface area contributed by atoms with Crippen molar-refractivity contribution >= 4 is 11.7 Å². The van der Waals surface area contributed by atoms with Crippen molar-refractivity contribution in [2.75, 3.05) is 0 Å². The van der Waals surface area contributed by atoms with Crippen molar-refractivity contribution in [3.8, 4) is 0 Å². The summed E-state index contributed by atoms with van der Waals surface area (Å²) >= 11 is 0. The minimum absolute atomic E-state index is 0.00310. The van der Waals surface area contributed by atoms with E-state index in [0.29, 0.717) is 5.76 Å². The number of hydrogen-bond acceptors (Lipinski definition) is 5. The molecule has 1 aliphatic carbocycles. The maximum atomic E-state index is 12.8. The van der Waals surface area contributed by atoms with Gasteiger partial charge in [0.05, 0.1) is 18.1 Å². The molecule has 2 aromatic heterocycles. The molecule has 1 N–H and O–H groups in total. The SMILES string of the molecule is O=C(C1=C(O)C(=O)N(C2CCCC2)C1c1ccco1)c1ccco1. The van der Waals surface area contributed by atoms with Gasteiger partial charge in [0.1, 0.15) is 11.8 Å². The van der Waals surface area contributed by atoms with Gasteiger partial charge in [-0.25, -0.2) is 0 Å². The number of amides is 1. The summed E-state index contributed by atoms with van der Waals surface area (Å²) in [6.07, 6.45) is 6.66. The second-order valence-corrected chi connectivity index (χ2v) is 6.14. The molecule has 1 saturated carbocycles. The number of furan rings is 2. The number of rotatable bonds is 4. The average Bonchev–Trinajstić information content (AvgIpc) is 3.37. The van der Waals surface area contributed by atoms with Crippen LogP contribution in [0.15, 0.2) is 57.0 Å². The van der Waals surface area contributed by atoms with E-state index in [4.69, 9.17) is 8.83 Å². The van der Waals surface area contributed by atoms with Crippen LogP contribution in [0.1, 0.15) is 48.0 Å². The third kappa shape index (κ3) is 2.18. The Morgan fingerprint density at radius 2 is 1.83 bits per heavy atom. The van der Waals surface area contributed by atoms with Gasteiger partial charge in [-0.3, -0.25) is 9.59 Å². The molecule has 4 rings (SSSR count). The summed E-state index contributed by atoms with van der Waals surface area (Å²) in [6, 6.07) is 5.82. The maximum Gasteiger partial charge on any atom is 0.290 e. The Bertz CT molecular complexity index is 782. The fourth-order valence-electron chi connectivity index (χ4n) is 3.68. The Kier molecular flexibility index (Phi) is 3.52. The summed E-state index contributed by atoms with van der Waals surface area (Å²) in [6.45, 7) is 0. The molecule has 24 heavy (non-hydrogen) atoms. The van der Waals surface area contributed by atoms with Crippen molar-refractivity contribution in [3.05, 3.63) is 59.6 Å². The van der Waals surface area contributed by atoms with Crippen molar-refractivity contribution in [1.82, 2.24) is 4.90 Å². The highest BCUT2D eigenvalue weighted by atomic mass is 16.3. The van der Waals surface area contributed by atoms with Crippen LogP contribution in [0.2, 0.25) is 0 Å². The smallest absolute Gasteiger partial charge is 0.290 e. The van der Waals surface area contributed by atoms with Crippen LogP contribution >= 0.6 is 0 Å². The fourth-order valence-corrected chi connectivity index (χ4v) is 3.68. The summed E-state index contributed by atoms with van der Waals surface area (Å²) in [7, 11) is 0. The minimum Gasteiger partial charge on any atom is -0.503 e. The van der Waals surface area contributed by atoms with Crippen molar-refractivity contribution in [3.63, 3.8) is 0 Å². The number of aliphatic hydroxyl groups is 1. The number of nitrogens with zero attached hydrogens (tertiary/aromatic N) is 1. The third-order valence-corrected chi connectivity index (χ3v) is 4.76. The molecule has 0 aromatic carbocycles. The molecule has 124 valence electrons. The van der Waals surface area contributed by atoms with Gasteiger partial charge in [0.2, 0.25) is 5.78 Å². The number of ketones is 1. The molecule has 1 unspecified atom stereocenters. The molecule has 2 aliphatic rings. The number of aliphatic hydroxyl groups excluding tert-OH is 1. The number of carbonyl (C=O) groups excluding carboxylic acids is 2. The molecule has 6 nitrogen and oxygen atoms in total. The van der Waals surface area contributed by atoms with Gasteiger partial charge in [-0.15, -0.1) is 0 Å². The first-order valence-corrected chi connectivity index (χ1v) is 8.06. The van der Waals surface area contributed by atoms with Gasteiger partial charge >= 0.3 is 0 Å². The highest BCUT2D eigenvalue weighted by Crippen LogP contribution is 2.43. The lowest BCUT2D eigenvalue weighted by atomic mass is 9.98. The van der Waals surface area contributed by atoms with E-state index in [1.54, 1.807) is 23.1 Å². The van der Waals surface area contributed by atoms with E-state index in [1.165, 1.54) is 18.6 Å². The summed E-state index contributed by atoms with van der Waals surface area (Å²) < 4.78 is 10.6. The lowest BCUT2D eigenvalue weighted by Gasteiger charge is -2.30. The summed E-state index contributed by atoms with van der Waals surface area (Å²) in [5.74, 6) is -0.959. The first kappa shape index (κ1) is 14.8. The lowest BCUT2D eigenvalue weighted by Crippen LogP contribution is -2.38. The minimum atomic E-state index is -0.715. The van der Waals surface area contributed by atoms with Crippen LogP contribution < -0.4 is 0 Å². The molecule has 1 atom stereocenters. The third-order valence-electron chi connectivity index (χ3n) is 4.76. The molecule has 1 fully saturated rings. The quantitative estimate of drug-likeness (QED) is 0.870. The van der Waals surface area contributed by atoms with Crippen LogP contribution in [0.25, 0.3) is 0 Å². The summed E-state index contributed by atoms with van der Waals surface area (Å²) in [5.41, 5.74) is 0.0248. The summed E-state index contributed by atoms with van der Waals surface area (Å²) in [5, 5.41) is 10.4. The highest BCUT2D eigenvalue weighted by molar-refractivity contribution is 6.14. The van der Waals surface area contributed by atoms with Gasteiger partial charge < -0.3 is 18.8 Å². The van der Waals surface area contributed by atoms with Gasteiger partial charge in [-0.05, 0) is 37.1 Å². The van der Waals surface area contributed by atoms with E-state index in [1.807, 2.05) is 0 Å². The van der Waals surface area contributed by atoms with Gasteiger partial charge in [-0.2, -0.15) is 0 Å². The molecule has 0 saturated heterocycles. The first-order valence-electron chi connectivity index (χ1n) is 8.06. The zero-order chi connectivity index (χ0) is 16.7. The largest absolute Gasteiger partial charge is 0.503 e. The van der Waals surface area contributed by atoms with Gasteiger partial charge in [0.15, 0.2) is 11.5 Å². The predicted molar refractivity (Wildman–Crippen MR) is 83.2 cm³/mol. The van der Waals surface area contributed by atoms with Crippen LogP contribution in [0.3, 0.4) is 0 Å². The molecular weight excluding hydrogens is 310 g/mol. The monoisotopic (exact) mass is 327 g/mol. The molecule has 3 heterocycles. The van der Waals surface area contributed by atoms with Crippen molar-refractivity contribution in [1.29, 1.82) is 0 Å². The Labute approximate surface area is 138 Å². The molecule has 1 amide bonds. The van der Waals surface area contributed by atoms with E-state index in [2.05, 4.69) is 0 Å². The fraction of sp³-hybridized carbons (Fsp3) is 0.333. The predicted octanol–water partition coefficient (Wildman–Crippen LogP) is 3.39. The van der Waals surface area contributed by atoms with Crippen LogP contribution in [-0.4, -0.2) is 27.7 Å². The van der Waals surface area contributed by atoms with Crippen LogP contribution in [0, 0.1) is 0 Å². The summed E-state index contributed by atoms with van der Waals surface area (Å²) in [4.78, 5) is 27.1. The Hall–Kier alpha value is -2.76. The van der Waals surface area contributed by atoms with E-state index < -0.39 is 23.5 Å². The topological polar surface area (TPSA) is 83.9 Å². The Morgan fingerprint density at radius 3 is 2.46 bits per heavy atom. The van der Waals surface area contributed by atoms with Gasteiger partial charge in [-0.1, -0.05) is 12.8 Å². The van der Waals surface area contributed by atoms with Crippen LogP contribution in [0.4, 0.5) is 0 Å². The Balaban J connectivity index is 1.80. The molecular formula is C18H17NO5. The zero-order valence-electron chi connectivity index (χ0n) is 13.0. The molecule has 1 aliphatic heterocycles. The van der Waals surface area contributed by atoms with Crippen molar-refractivity contribution < 1.29 is 23.5 Å². The van der Waals surface area contributed by atoms with Crippen molar-refractivity contribution in [2.45, 2.75) is 37.8 Å². The van der Waals surface area contributed by atoms with Gasteiger partial charge in [0, 0.05) is 6.04 Å². The first-order chi connectivity index (χ1) is 11.7. The van der Waals surface area contributed by atoms with E-state index in [0.717, 1.165) is 25.7 Å².